The van der Waals surface area contributed by atoms with Crippen molar-refractivity contribution in [3.8, 4) is 17.1 Å². The summed E-state index contributed by atoms with van der Waals surface area (Å²) in [7, 11) is 1.56. The van der Waals surface area contributed by atoms with Crippen molar-refractivity contribution in [2.45, 2.75) is 13.5 Å². The van der Waals surface area contributed by atoms with Gasteiger partial charge in [0.05, 0.1) is 19.2 Å². The third kappa shape index (κ3) is 3.09. The predicted octanol–water partition coefficient (Wildman–Crippen LogP) is 4.16. The van der Waals surface area contributed by atoms with Crippen molar-refractivity contribution in [3.63, 3.8) is 0 Å². The minimum Gasteiger partial charge on any atom is -0.478 e. The number of aromatic carboxylic acids is 1. The molecule has 0 aliphatic carbocycles. The predicted molar refractivity (Wildman–Crippen MR) is 107 cm³/mol. The lowest BCUT2D eigenvalue weighted by Gasteiger charge is -2.11. The van der Waals surface area contributed by atoms with Gasteiger partial charge in [0.25, 0.3) is 6.01 Å². The zero-order chi connectivity index (χ0) is 19.7. The summed E-state index contributed by atoms with van der Waals surface area (Å²) in [5.41, 5.74) is 5.14. The Morgan fingerprint density at radius 1 is 1.14 bits per heavy atom. The Bertz CT molecular complexity index is 1170. The van der Waals surface area contributed by atoms with Crippen molar-refractivity contribution in [2.24, 2.45) is 0 Å². The summed E-state index contributed by atoms with van der Waals surface area (Å²) in [5.74, 6) is -0.961. The van der Waals surface area contributed by atoms with Crippen LogP contribution in [-0.2, 0) is 6.54 Å². The zero-order valence-corrected chi connectivity index (χ0v) is 15.6. The molecule has 0 saturated carbocycles. The minimum absolute atomic E-state index is 0.260. The SMILES string of the molecule is COc1nc2c(C)ccnc2n1Cc1ccc(-c2ccccc2)c(C(=O)O)c1. The molecule has 140 valence electrons. The first kappa shape index (κ1) is 17.7. The maximum Gasteiger partial charge on any atom is 0.336 e. The van der Waals surface area contributed by atoms with Gasteiger partial charge in [-0.3, -0.25) is 4.57 Å². The number of rotatable bonds is 5. The first-order valence-corrected chi connectivity index (χ1v) is 8.86. The summed E-state index contributed by atoms with van der Waals surface area (Å²) in [5, 5.41) is 9.73. The minimum atomic E-state index is -0.961. The number of imidazole rings is 1. The molecule has 0 aliphatic heterocycles. The molecule has 0 unspecified atom stereocenters. The van der Waals surface area contributed by atoms with E-state index in [1.807, 2.05) is 60.0 Å². The van der Waals surface area contributed by atoms with Gasteiger partial charge >= 0.3 is 5.97 Å². The van der Waals surface area contributed by atoms with Gasteiger partial charge in [-0.25, -0.2) is 9.78 Å². The van der Waals surface area contributed by atoms with E-state index in [1.54, 1.807) is 19.4 Å². The zero-order valence-electron chi connectivity index (χ0n) is 15.6. The molecular formula is C22H19N3O3. The molecule has 0 radical (unpaired) electrons. The molecule has 0 bridgehead atoms. The second kappa shape index (κ2) is 7.15. The van der Waals surface area contributed by atoms with Gasteiger partial charge in [0.2, 0.25) is 0 Å². The number of ether oxygens (including phenoxy) is 1. The van der Waals surface area contributed by atoms with Gasteiger partial charge in [0.15, 0.2) is 5.65 Å². The van der Waals surface area contributed by atoms with Crippen LogP contribution < -0.4 is 4.74 Å². The van der Waals surface area contributed by atoms with Crippen LogP contribution in [0.2, 0.25) is 0 Å². The fraction of sp³-hybridized carbons (Fsp3) is 0.136. The Balaban J connectivity index is 1.79. The van der Waals surface area contributed by atoms with Gasteiger partial charge in [-0.15, -0.1) is 0 Å². The van der Waals surface area contributed by atoms with Crippen LogP contribution in [-0.4, -0.2) is 32.7 Å². The normalized spacial score (nSPS) is 10.9. The highest BCUT2D eigenvalue weighted by molar-refractivity contribution is 5.96. The third-order valence-corrected chi connectivity index (χ3v) is 4.72. The largest absolute Gasteiger partial charge is 0.478 e. The molecule has 0 atom stereocenters. The number of carboxylic acids is 1. The molecule has 0 spiro atoms. The number of hydrogen-bond donors (Lipinski definition) is 1. The van der Waals surface area contributed by atoms with Crippen molar-refractivity contribution in [1.82, 2.24) is 14.5 Å². The number of nitrogens with zero attached hydrogens (tertiary/aromatic N) is 3. The molecule has 6 heteroatoms. The van der Waals surface area contributed by atoms with Crippen LogP contribution in [0.5, 0.6) is 6.01 Å². The topological polar surface area (TPSA) is 77.2 Å². The lowest BCUT2D eigenvalue weighted by atomic mass is 9.97. The highest BCUT2D eigenvalue weighted by Gasteiger charge is 2.17. The molecule has 2 heterocycles. The van der Waals surface area contributed by atoms with E-state index in [0.29, 0.717) is 23.8 Å². The van der Waals surface area contributed by atoms with E-state index in [1.165, 1.54) is 0 Å². The molecule has 2 aromatic heterocycles. The average Bonchev–Trinajstić information content (AvgIpc) is 3.07. The Kier molecular flexibility index (Phi) is 4.53. The molecule has 4 aromatic rings. The van der Waals surface area contributed by atoms with E-state index >= 15 is 0 Å². The van der Waals surface area contributed by atoms with Gasteiger partial charge in [-0.2, -0.15) is 4.98 Å². The van der Waals surface area contributed by atoms with Crippen LogP contribution in [0, 0.1) is 6.92 Å². The first-order valence-electron chi connectivity index (χ1n) is 8.86. The standard InChI is InChI=1S/C22H19N3O3/c1-14-10-11-23-20-19(14)24-22(28-2)25(20)13-15-8-9-17(18(12-15)21(26)27)16-6-4-3-5-7-16/h3-12H,13H2,1-2H3,(H,26,27). The number of pyridine rings is 1. The number of carbonyl (C=O) groups is 1. The lowest BCUT2D eigenvalue weighted by Crippen LogP contribution is -2.06. The smallest absolute Gasteiger partial charge is 0.336 e. The molecule has 4 rings (SSSR count). The summed E-state index contributed by atoms with van der Waals surface area (Å²) in [4.78, 5) is 20.8. The van der Waals surface area contributed by atoms with Gasteiger partial charge < -0.3 is 9.84 Å². The summed E-state index contributed by atoms with van der Waals surface area (Å²) >= 11 is 0. The molecule has 28 heavy (non-hydrogen) atoms. The third-order valence-electron chi connectivity index (χ3n) is 4.72. The summed E-state index contributed by atoms with van der Waals surface area (Å²) in [6, 6.07) is 17.3. The number of aryl methyl sites for hydroxylation is 1. The number of benzene rings is 2. The van der Waals surface area contributed by atoms with Crippen LogP contribution in [0.4, 0.5) is 0 Å². The van der Waals surface area contributed by atoms with Crippen LogP contribution in [0.15, 0.2) is 60.8 Å². The number of methoxy groups -OCH3 is 1. The molecule has 2 aromatic carbocycles. The monoisotopic (exact) mass is 373 g/mol. The van der Waals surface area contributed by atoms with Gasteiger partial charge in [0.1, 0.15) is 5.52 Å². The quantitative estimate of drug-likeness (QED) is 0.568. The van der Waals surface area contributed by atoms with E-state index in [9.17, 15) is 9.90 Å². The second-order valence-corrected chi connectivity index (χ2v) is 6.54. The van der Waals surface area contributed by atoms with Gasteiger partial charge in [0, 0.05) is 6.20 Å². The van der Waals surface area contributed by atoms with E-state index < -0.39 is 5.97 Å². The molecule has 0 saturated heterocycles. The Labute approximate surface area is 162 Å². The van der Waals surface area contributed by atoms with Crippen LogP contribution in [0.3, 0.4) is 0 Å². The number of hydrogen-bond acceptors (Lipinski definition) is 4. The second-order valence-electron chi connectivity index (χ2n) is 6.54. The Morgan fingerprint density at radius 2 is 1.93 bits per heavy atom. The van der Waals surface area contributed by atoms with E-state index in [-0.39, 0.29) is 5.56 Å². The van der Waals surface area contributed by atoms with E-state index in [0.717, 1.165) is 22.2 Å². The summed E-state index contributed by atoms with van der Waals surface area (Å²) in [6.07, 6.45) is 1.73. The molecular weight excluding hydrogens is 354 g/mol. The van der Waals surface area contributed by atoms with Crippen LogP contribution in [0.25, 0.3) is 22.3 Å². The highest BCUT2D eigenvalue weighted by Crippen LogP contribution is 2.27. The maximum absolute atomic E-state index is 11.9. The van der Waals surface area contributed by atoms with Crippen LogP contribution in [0.1, 0.15) is 21.5 Å². The number of aromatic nitrogens is 3. The number of fused-ring (bicyclic) bond motifs is 1. The first-order chi connectivity index (χ1) is 13.6. The average molecular weight is 373 g/mol. The molecule has 0 fully saturated rings. The van der Waals surface area contributed by atoms with Gasteiger partial charge in [-0.1, -0.05) is 42.5 Å². The summed E-state index contributed by atoms with van der Waals surface area (Å²) < 4.78 is 7.28. The Morgan fingerprint density at radius 3 is 2.64 bits per heavy atom. The fourth-order valence-corrected chi connectivity index (χ4v) is 3.34. The fourth-order valence-electron chi connectivity index (χ4n) is 3.34. The van der Waals surface area contributed by atoms with Crippen molar-refractivity contribution in [1.29, 1.82) is 0 Å². The van der Waals surface area contributed by atoms with E-state index in [4.69, 9.17) is 4.74 Å². The van der Waals surface area contributed by atoms with Crippen molar-refractivity contribution >= 4 is 17.1 Å². The summed E-state index contributed by atoms with van der Waals surface area (Å²) in [6.45, 7) is 2.38. The molecule has 6 nitrogen and oxygen atoms in total. The molecule has 1 N–H and O–H groups in total. The van der Waals surface area contributed by atoms with Crippen LogP contribution >= 0.6 is 0 Å². The molecule has 0 aliphatic rings. The van der Waals surface area contributed by atoms with Crippen molar-refractivity contribution in [2.75, 3.05) is 7.11 Å². The maximum atomic E-state index is 11.9. The molecule has 0 amide bonds. The van der Waals surface area contributed by atoms with Crippen molar-refractivity contribution in [3.05, 3.63) is 77.5 Å². The lowest BCUT2D eigenvalue weighted by molar-refractivity contribution is 0.0697. The Hall–Kier alpha value is -3.67. The van der Waals surface area contributed by atoms with Gasteiger partial charge in [-0.05, 0) is 41.3 Å². The number of carboxylic acid groups (broad SMARTS) is 1. The van der Waals surface area contributed by atoms with E-state index in [2.05, 4.69) is 9.97 Å². The van der Waals surface area contributed by atoms with Crippen molar-refractivity contribution < 1.29 is 14.6 Å². The highest BCUT2D eigenvalue weighted by atomic mass is 16.5.